The number of carbonyl (C=O) groups is 5. The molecule has 4 amide bonds. The number of carbonyl (C=O) groups excluding carboxylic acids is 4. The van der Waals surface area contributed by atoms with Gasteiger partial charge in [0.15, 0.2) is 10.8 Å². The third-order valence-corrected chi connectivity index (χ3v) is 7.11. The van der Waals surface area contributed by atoms with Crippen LogP contribution in [-0.4, -0.2) is 89.7 Å². The molecule has 19 heteroatoms. The number of ether oxygens (including phenoxy) is 2. The lowest BCUT2D eigenvalue weighted by molar-refractivity contribution is -0.153. The number of amides is 4. The molecular weight excluding hydrogens is 626 g/mol. The number of alkyl carbamates (subject to hydrolysis) is 1. The zero-order chi connectivity index (χ0) is 34.0. The van der Waals surface area contributed by atoms with E-state index in [1.54, 1.807) is 48.5 Å². The Kier molecular flexibility index (Phi) is 9.55. The second-order valence-electron chi connectivity index (χ2n) is 12.7. The van der Waals surface area contributed by atoms with Crippen LogP contribution in [-0.2, 0) is 41.8 Å². The molecule has 0 aromatic carbocycles. The number of carboxylic acids is 1. The van der Waals surface area contributed by atoms with Gasteiger partial charge in [-0.1, -0.05) is 5.16 Å². The highest BCUT2D eigenvalue weighted by atomic mass is 32.1. The molecule has 46 heavy (non-hydrogen) atoms. The lowest BCUT2D eigenvalue weighted by Gasteiger charge is -2.36. The zero-order valence-corrected chi connectivity index (χ0v) is 27.2. The molecule has 0 bridgehead atoms. The summed E-state index contributed by atoms with van der Waals surface area (Å²) < 4.78 is 10.4. The van der Waals surface area contributed by atoms with E-state index < -0.39 is 64.6 Å². The van der Waals surface area contributed by atoms with Crippen LogP contribution >= 0.6 is 11.3 Å². The molecule has 18 nitrogen and oxygen atoms in total. The van der Waals surface area contributed by atoms with Crippen molar-refractivity contribution in [2.75, 3.05) is 5.32 Å². The number of carboxylic acid groups (broad SMARTS) is 1. The number of β-lactam (4-membered cyclic amide) rings is 1. The Morgan fingerprint density at radius 3 is 2.35 bits per heavy atom. The summed E-state index contributed by atoms with van der Waals surface area (Å²) in [5, 5.41) is 33.9. The maximum absolute atomic E-state index is 13.4. The van der Waals surface area contributed by atoms with Crippen molar-refractivity contribution in [1.29, 1.82) is 0 Å². The van der Waals surface area contributed by atoms with E-state index in [-0.39, 0.29) is 36.8 Å². The summed E-state index contributed by atoms with van der Waals surface area (Å²) in [6, 6.07) is -1.65. The predicted molar refractivity (Wildman–Crippen MR) is 161 cm³/mol. The third-order valence-electron chi connectivity index (χ3n) is 6.35. The standard InChI is InChI=1S/C27H37N9O9S/c1-13-14(10-28-23(41)43-25(2,3)4)34-36(33-13)11-15-17(19(37)29-15)31-20(38)18(35-45-27(8-9-27)21(39)40)16-12-46-22(30-16)32-24(42)44-26(5,6)7/h12,15,17H,8-11H2,1-7H3,(H,28,41)(H,29,37)(H,31,38)(H,39,40)(H,30,32,42)/b35-18-/t15-,17+/m1/s1. The van der Waals surface area contributed by atoms with Crippen LogP contribution in [0, 0.1) is 6.92 Å². The van der Waals surface area contributed by atoms with Gasteiger partial charge < -0.3 is 35.4 Å². The lowest BCUT2D eigenvalue weighted by atomic mass is 9.98. The average Bonchev–Trinajstić information content (AvgIpc) is 3.44. The Labute approximate surface area is 267 Å². The minimum absolute atomic E-state index is 0.0301. The number of aliphatic carboxylic acids is 1. The van der Waals surface area contributed by atoms with Crippen LogP contribution in [0.5, 0.6) is 0 Å². The van der Waals surface area contributed by atoms with Crippen LogP contribution in [0.25, 0.3) is 0 Å². The summed E-state index contributed by atoms with van der Waals surface area (Å²) in [7, 11) is 0. The van der Waals surface area contributed by atoms with E-state index in [1.807, 2.05) is 0 Å². The second-order valence-corrected chi connectivity index (χ2v) is 13.6. The molecular formula is C27H37N9O9S. The fourth-order valence-corrected chi connectivity index (χ4v) is 4.63. The van der Waals surface area contributed by atoms with Gasteiger partial charge >= 0.3 is 18.2 Å². The van der Waals surface area contributed by atoms with Gasteiger partial charge in [-0.25, -0.2) is 19.4 Å². The van der Waals surface area contributed by atoms with Crippen molar-refractivity contribution in [2.24, 2.45) is 5.16 Å². The van der Waals surface area contributed by atoms with Gasteiger partial charge in [-0.2, -0.15) is 15.0 Å². The third kappa shape index (κ3) is 8.89. The number of nitrogens with one attached hydrogen (secondary N) is 4. The smallest absolute Gasteiger partial charge is 0.413 e. The van der Waals surface area contributed by atoms with Crippen LogP contribution in [0.1, 0.15) is 71.5 Å². The summed E-state index contributed by atoms with van der Waals surface area (Å²) in [6.07, 6.45) is -0.986. The van der Waals surface area contributed by atoms with Gasteiger partial charge in [-0.3, -0.25) is 14.9 Å². The lowest BCUT2D eigenvalue weighted by Crippen LogP contribution is -2.70. The Balaban J connectivity index is 1.44. The number of hydrogen-bond donors (Lipinski definition) is 5. The molecule has 2 aromatic rings. The summed E-state index contributed by atoms with van der Waals surface area (Å²) >= 11 is 0.969. The first-order valence-electron chi connectivity index (χ1n) is 14.3. The summed E-state index contributed by atoms with van der Waals surface area (Å²) in [5.41, 5.74) is -2.39. The van der Waals surface area contributed by atoms with Gasteiger partial charge in [0.1, 0.15) is 28.6 Å². The number of nitrogens with zero attached hydrogens (tertiary/aromatic N) is 5. The topological polar surface area (TPSA) is 237 Å². The minimum atomic E-state index is -1.56. The maximum Gasteiger partial charge on any atom is 0.413 e. The predicted octanol–water partition coefficient (Wildman–Crippen LogP) is 1.44. The van der Waals surface area contributed by atoms with E-state index in [2.05, 4.69) is 41.6 Å². The fourth-order valence-electron chi connectivity index (χ4n) is 3.95. The minimum Gasteiger partial charge on any atom is -0.478 e. The number of thiazole rings is 1. The van der Waals surface area contributed by atoms with E-state index in [1.165, 1.54) is 10.2 Å². The van der Waals surface area contributed by atoms with Crippen LogP contribution in [0.2, 0.25) is 0 Å². The van der Waals surface area contributed by atoms with E-state index in [4.69, 9.17) is 14.3 Å². The summed E-state index contributed by atoms with van der Waals surface area (Å²) in [4.78, 5) is 72.6. The molecule has 1 aliphatic heterocycles. The first-order valence-corrected chi connectivity index (χ1v) is 15.2. The molecule has 1 saturated carbocycles. The van der Waals surface area contributed by atoms with Gasteiger partial charge in [0.25, 0.3) is 5.91 Å². The largest absolute Gasteiger partial charge is 0.478 e. The van der Waals surface area contributed by atoms with Crippen molar-refractivity contribution in [3.05, 3.63) is 22.5 Å². The Hall–Kier alpha value is -4.81. The molecule has 250 valence electrons. The monoisotopic (exact) mass is 663 g/mol. The van der Waals surface area contributed by atoms with E-state index in [0.29, 0.717) is 11.4 Å². The van der Waals surface area contributed by atoms with Gasteiger partial charge in [-0.05, 0) is 48.5 Å². The molecule has 0 unspecified atom stereocenters. The highest BCUT2D eigenvalue weighted by molar-refractivity contribution is 7.14. The van der Waals surface area contributed by atoms with E-state index in [9.17, 15) is 29.1 Å². The fraction of sp³-hybridized carbons (Fsp3) is 0.593. The van der Waals surface area contributed by atoms with Crippen LogP contribution in [0.3, 0.4) is 0 Å². The molecule has 2 atom stereocenters. The van der Waals surface area contributed by atoms with Crippen molar-refractivity contribution < 1.29 is 43.4 Å². The molecule has 5 N–H and O–H groups in total. The SMILES string of the molecule is Cc1nn(C[C@H]2NC(=O)[C@H]2NC(=O)/C(=N\OC2(C(=O)O)CC2)c2csc(NC(=O)OC(C)(C)C)n2)nc1CNC(=O)OC(C)(C)C. The van der Waals surface area contributed by atoms with E-state index >= 15 is 0 Å². The quantitative estimate of drug-likeness (QED) is 0.130. The molecule has 2 aromatic heterocycles. The molecule has 0 radical (unpaired) electrons. The first-order chi connectivity index (χ1) is 21.3. The molecule has 0 spiro atoms. The zero-order valence-electron chi connectivity index (χ0n) is 26.4. The molecule has 1 saturated heterocycles. The highest BCUT2D eigenvalue weighted by Crippen LogP contribution is 2.40. The summed E-state index contributed by atoms with van der Waals surface area (Å²) in [6.45, 7) is 12.2. The molecule has 4 rings (SSSR count). The van der Waals surface area contributed by atoms with Crippen molar-refractivity contribution in [1.82, 2.24) is 35.9 Å². The van der Waals surface area contributed by atoms with Gasteiger partial charge in [0, 0.05) is 18.2 Å². The Bertz CT molecular complexity index is 1550. The van der Waals surface area contributed by atoms with Gasteiger partial charge in [-0.15, -0.1) is 11.3 Å². The molecule has 2 fully saturated rings. The second kappa shape index (κ2) is 12.9. The average molecular weight is 664 g/mol. The molecule has 1 aliphatic carbocycles. The van der Waals surface area contributed by atoms with Gasteiger partial charge in [0.2, 0.25) is 11.5 Å². The Morgan fingerprint density at radius 2 is 1.76 bits per heavy atom. The summed E-state index contributed by atoms with van der Waals surface area (Å²) in [5.74, 6) is -2.58. The van der Waals surface area contributed by atoms with Crippen LogP contribution in [0.15, 0.2) is 10.5 Å². The molecule has 3 heterocycles. The van der Waals surface area contributed by atoms with Crippen LogP contribution < -0.4 is 21.3 Å². The van der Waals surface area contributed by atoms with Crippen molar-refractivity contribution >= 4 is 52.2 Å². The number of rotatable bonds is 11. The number of aryl methyl sites for hydroxylation is 1. The van der Waals surface area contributed by atoms with E-state index in [0.717, 1.165) is 11.3 Å². The maximum atomic E-state index is 13.4. The van der Waals surface area contributed by atoms with Crippen molar-refractivity contribution in [3.8, 4) is 0 Å². The Morgan fingerprint density at radius 1 is 1.11 bits per heavy atom. The first kappa shape index (κ1) is 34.1. The normalized spacial score (nSPS) is 18.8. The van der Waals surface area contributed by atoms with Gasteiger partial charge in [0.05, 0.1) is 24.8 Å². The number of anilines is 1. The molecule has 2 aliphatic rings. The highest BCUT2D eigenvalue weighted by Gasteiger charge is 2.55. The van der Waals surface area contributed by atoms with Crippen molar-refractivity contribution in [2.45, 2.75) is 103 Å². The number of oxime groups is 1. The number of hydrogen-bond acceptors (Lipinski definition) is 13. The number of aromatic nitrogens is 4. The van der Waals surface area contributed by atoms with Crippen molar-refractivity contribution in [3.63, 3.8) is 0 Å². The van der Waals surface area contributed by atoms with Crippen LogP contribution in [0.4, 0.5) is 14.7 Å².